The Bertz CT molecular complexity index is 993. The van der Waals surface area contributed by atoms with E-state index in [1.54, 1.807) is 11.3 Å². The number of carbonyl (C=O) groups excluding carboxylic acids is 2. The summed E-state index contributed by atoms with van der Waals surface area (Å²) < 4.78 is 2.14. The Morgan fingerprint density at radius 2 is 2.04 bits per heavy atom. The molecule has 0 radical (unpaired) electrons. The second-order valence-electron chi connectivity index (χ2n) is 6.35. The van der Waals surface area contributed by atoms with Gasteiger partial charge in [0.1, 0.15) is 5.01 Å². The molecule has 3 N–H and O–H groups in total. The van der Waals surface area contributed by atoms with E-state index in [9.17, 15) is 9.59 Å². The first-order valence-corrected chi connectivity index (χ1v) is 10.2. The molecule has 138 valence electrons. The third kappa shape index (κ3) is 4.28. The lowest BCUT2D eigenvalue weighted by Gasteiger charge is -2.23. The van der Waals surface area contributed by atoms with Crippen molar-refractivity contribution in [3.63, 3.8) is 0 Å². The maximum atomic E-state index is 12.1. The summed E-state index contributed by atoms with van der Waals surface area (Å²) in [5, 5.41) is 9.40. The normalized spacial score (nSPS) is 16.8. The van der Waals surface area contributed by atoms with Gasteiger partial charge in [0.25, 0.3) is 0 Å². The fourth-order valence-electron chi connectivity index (χ4n) is 2.93. The van der Waals surface area contributed by atoms with Crippen molar-refractivity contribution < 1.29 is 9.59 Å². The fourth-order valence-corrected chi connectivity index (χ4v) is 4.23. The van der Waals surface area contributed by atoms with Crippen molar-refractivity contribution in [1.29, 1.82) is 0 Å². The zero-order valence-corrected chi connectivity index (χ0v) is 16.7. The van der Waals surface area contributed by atoms with E-state index in [4.69, 9.17) is 0 Å². The van der Waals surface area contributed by atoms with Gasteiger partial charge in [0.2, 0.25) is 5.91 Å². The minimum Gasteiger partial charge on any atom is -0.354 e. The predicted molar refractivity (Wildman–Crippen MR) is 111 cm³/mol. The summed E-state index contributed by atoms with van der Waals surface area (Å²) in [5.74, 6) is 0.0336. The second-order valence-corrected chi connectivity index (χ2v) is 8.29. The van der Waals surface area contributed by atoms with Crippen LogP contribution in [0, 0.1) is 0 Å². The van der Waals surface area contributed by atoms with Crippen molar-refractivity contribution in [1.82, 2.24) is 15.6 Å². The third-order valence-corrected chi connectivity index (χ3v) is 5.92. The third-order valence-electron chi connectivity index (χ3n) is 4.34. The summed E-state index contributed by atoms with van der Waals surface area (Å²) >= 11 is 5.10. The van der Waals surface area contributed by atoms with E-state index in [1.165, 1.54) is 0 Å². The monoisotopic (exact) mass is 444 g/mol. The lowest BCUT2D eigenvalue weighted by molar-refractivity contribution is -0.122. The van der Waals surface area contributed by atoms with Gasteiger partial charge >= 0.3 is 6.03 Å². The van der Waals surface area contributed by atoms with Gasteiger partial charge in [-0.2, -0.15) is 0 Å². The van der Waals surface area contributed by atoms with Crippen LogP contribution in [-0.4, -0.2) is 29.5 Å². The van der Waals surface area contributed by atoms with Gasteiger partial charge in [-0.15, -0.1) is 11.3 Å². The van der Waals surface area contributed by atoms with Gasteiger partial charge in [-0.05, 0) is 48.9 Å². The van der Waals surface area contributed by atoms with Crippen LogP contribution in [0.1, 0.15) is 12.8 Å². The quantitative estimate of drug-likeness (QED) is 0.567. The number of urea groups is 1. The number of nitrogens with zero attached hydrogens (tertiary/aromatic N) is 1. The van der Waals surface area contributed by atoms with Crippen molar-refractivity contribution in [3.05, 3.63) is 46.9 Å². The van der Waals surface area contributed by atoms with E-state index in [2.05, 4.69) is 42.9 Å². The van der Waals surface area contributed by atoms with Crippen LogP contribution in [0.4, 0.5) is 10.5 Å². The van der Waals surface area contributed by atoms with Gasteiger partial charge in [0.05, 0.1) is 10.2 Å². The number of fused-ring (bicyclic) bond motifs is 1. The van der Waals surface area contributed by atoms with Gasteiger partial charge in [0, 0.05) is 34.7 Å². The van der Waals surface area contributed by atoms with Gasteiger partial charge in [-0.3, -0.25) is 4.79 Å². The molecule has 4 rings (SSSR count). The molecule has 2 heterocycles. The predicted octanol–water partition coefficient (Wildman–Crippen LogP) is 4.13. The lowest BCUT2D eigenvalue weighted by Crippen LogP contribution is -2.48. The number of aromatic nitrogens is 1. The van der Waals surface area contributed by atoms with Crippen LogP contribution in [0.3, 0.4) is 0 Å². The minimum atomic E-state index is -0.270. The van der Waals surface area contributed by atoms with Crippen LogP contribution in [0.5, 0.6) is 0 Å². The number of benzene rings is 2. The molecule has 8 heteroatoms. The van der Waals surface area contributed by atoms with E-state index in [0.717, 1.165) is 25.3 Å². The molecule has 0 spiro atoms. The van der Waals surface area contributed by atoms with Crippen LogP contribution in [0.15, 0.2) is 46.9 Å². The fraction of sp³-hybridized carbons (Fsp3) is 0.211. The molecular weight excluding hydrogens is 428 g/mol. The standard InChI is InChI=1S/C19H17BrN4O2S/c20-12-3-7-16-15(9-12)24-18(27-16)11-1-4-13(5-2-11)22-19(26)23-14-6-8-17(25)21-10-14/h1-5,7,9,14H,6,8,10H2,(H,21,25)(H2,22,23,26)/t14-/m0/s1. The van der Waals surface area contributed by atoms with Crippen molar-refractivity contribution in [3.8, 4) is 10.6 Å². The van der Waals surface area contributed by atoms with Crippen LogP contribution in [0.2, 0.25) is 0 Å². The number of thiazole rings is 1. The average Bonchev–Trinajstić information content (AvgIpc) is 3.07. The molecule has 0 unspecified atom stereocenters. The molecule has 1 atom stereocenters. The van der Waals surface area contributed by atoms with E-state index >= 15 is 0 Å². The van der Waals surface area contributed by atoms with Gasteiger partial charge in [-0.25, -0.2) is 9.78 Å². The van der Waals surface area contributed by atoms with Crippen LogP contribution in [0.25, 0.3) is 20.8 Å². The molecule has 1 aliphatic rings. The number of anilines is 1. The number of halogens is 1. The van der Waals surface area contributed by atoms with Gasteiger partial charge in [-0.1, -0.05) is 15.9 Å². The molecule has 3 aromatic rings. The molecule has 0 bridgehead atoms. The molecule has 27 heavy (non-hydrogen) atoms. The second kappa shape index (κ2) is 7.66. The molecule has 1 saturated heterocycles. The number of nitrogens with one attached hydrogen (secondary N) is 3. The first-order valence-electron chi connectivity index (χ1n) is 8.57. The molecule has 1 fully saturated rings. The Morgan fingerprint density at radius 3 is 2.78 bits per heavy atom. The first kappa shape index (κ1) is 17.9. The number of hydrogen-bond donors (Lipinski definition) is 3. The van der Waals surface area contributed by atoms with Crippen LogP contribution < -0.4 is 16.0 Å². The molecule has 0 aliphatic carbocycles. The van der Waals surface area contributed by atoms with E-state index in [-0.39, 0.29) is 18.0 Å². The summed E-state index contributed by atoms with van der Waals surface area (Å²) in [6, 6.07) is 13.4. The molecule has 6 nitrogen and oxygen atoms in total. The number of hydrogen-bond acceptors (Lipinski definition) is 4. The topological polar surface area (TPSA) is 83.1 Å². The Labute approximate surface area is 168 Å². The summed E-state index contributed by atoms with van der Waals surface area (Å²) in [6.45, 7) is 0.471. The zero-order valence-electron chi connectivity index (χ0n) is 14.3. The maximum absolute atomic E-state index is 12.1. The number of piperidine rings is 1. The smallest absolute Gasteiger partial charge is 0.319 e. The Balaban J connectivity index is 1.40. The van der Waals surface area contributed by atoms with Crippen molar-refractivity contribution in [2.75, 3.05) is 11.9 Å². The summed E-state index contributed by atoms with van der Waals surface area (Å²) in [6.07, 6.45) is 1.10. The van der Waals surface area contributed by atoms with Gasteiger partial charge < -0.3 is 16.0 Å². The molecule has 0 saturated carbocycles. The number of amides is 3. The highest BCUT2D eigenvalue weighted by molar-refractivity contribution is 9.10. The highest BCUT2D eigenvalue weighted by Gasteiger charge is 2.19. The van der Waals surface area contributed by atoms with Crippen molar-refractivity contribution in [2.24, 2.45) is 0 Å². The Hall–Kier alpha value is -2.45. The van der Waals surface area contributed by atoms with E-state index in [0.29, 0.717) is 25.1 Å². The SMILES string of the molecule is O=C1CC[C@H](NC(=O)Nc2ccc(-c3nc4cc(Br)ccc4s3)cc2)CN1. The summed E-state index contributed by atoms with van der Waals surface area (Å²) in [5.41, 5.74) is 2.68. The molecule has 3 amide bonds. The Kier molecular flexibility index (Phi) is 5.09. The first-order chi connectivity index (χ1) is 13.1. The van der Waals surface area contributed by atoms with Crippen molar-refractivity contribution in [2.45, 2.75) is 18.9 Å². The highest BCUT2D eigenvalue weighted by Crippen LogP contribution is 2.32. The molecular formula is C19H17BrN4O2S. The highest BCUT2D eigenvalue weighted by atomic mass is 79.9. The van der Waals surface area contributed by atoms with Gasteiger partial charge in [0.15, 0.2) is 0 Å². The maximum Gasteiger partial charge on any atom is 0.319 e. The molecule has 2 aromatic carbocycles. The molecule has 1 aliphatic heterocycles. The van der Waals surface area contributed by atoms with Crippen LogP contribution in [-0.2, 0) is 4.79 Å². The summed E-state index contributed by atoms with van der Waals surface area (Å²) in [4.78, 5) is 28.0. The van der Waals surface area contributed by atoms with E-state index < -0.39 is 0 Å². The minimum absolute atomic E-state index is 0.0336. The zero-order chi connectivity index (χ0) is 18.8. The summed E-state index contributed by atoms with van der Waals surface area (Å²) in [7, 11) is 0. The average molecular weight is 445 g/mol. The largest absolute Gasteiger partial charge is 0.354 e. The number of rotatable bonds is 3. The van der Waals surface area contributed by atoms with E-state index in [1.807, 2.05) is 36.4 Å². The Morgan fingerprint density at radius 1 is 1.22 bits per heavy atom. The number of carbonyl (C=O) groups is 2. The lowest BCUT2D eigenvalue weighted by atomic mass is 10.1. The molecule has 1 aromatic heterocycles. The van der Waals surface area contributed by atoms with Crippen molar-refractivity contribution >= 4 is 55.1 Å². The van der Waals surface area contributed by atoms with Crippen LogP contribution >= 0.6 is 27.3 Å².